The minimum atomic E-state index is 0.448. The summed E-state index contributed by atoms with van der Waals surface area (Å²) in [6.45, 7) is 0.641. The molecule has 0 aliphatic carbocycles. The van der Waals surface area contributed by atoms with Gasteiger partial charge in [0.25, 0.3) is 0 Å². The van der Waals surface area contributed by atoms with Gasteiger partial charge in [-0.1, -0.05) is 35.3 Å². The molecular weight excluding hydrogens is 359 g/mol. The Morgan fingerprint density at radius 3 is 2.56 bits per heavy atom. The third kappa shape index (κ3) is 4.75. The Morgan fingerprint density at radius 1 is 1.04 bits per heavy atom. The fourth-order valence-electron chi connectivity index (χ4n) is 2.16. The zero-order valence-corrected chi connectivity index (χ0v) is 15.0. The van der Waals surface area contributed by atoms with E-state index in [2.05, 4.69) is 20.6 Å². The maximum atomic E-state index is 6.16. The second-order valence-corrected chi connectivity index (χ2v) is 6.06. The second kappa shape index (κ2) is 8.05. The van der Waals surface area contributed by atoms with Gasteiger partial charge in [-0.15, -0.1) is 0 Å². The van der Waals surface area contributed by atoms with Gasteiger partial charge < -0.3 is 15.4 Å². The minimum absolute atomic E-state index is 0.448. The highest BCUT2D eigenvalue weighted by atomic mass is 35.5. The van der Waals surface area contributed by atoms with Crippen LogP contribution in [-0.4, -0.2) is 17.1 Å². The zero-order valence-electron chi connectivity index (χ0n) is 13.5. The first-order chi connectivity index (χ1) is 12.1. The van der Waals surface area contributed by atoms with E-state index >= 15 is 0 Å². The molecule has 0 fully saturated rings. The summed E-state index contributed by atoms with van der Waals surface area (Å²) in [6.07, 6.45) is 1.68. The molecule has 0 atom stereocenters. The van der Waals surface area contributed by atoms with Crippen molar-refractivity contribution in [1.82, 2.24) is 9.97 Å². The van der Waals surface area contributed by atoms with Crippen LogP contribution >= 0.6 is 23.2 Å². The number of hydrogen-bond donors (Lipinski definition) is 2. The van der Waals surface area contributed by atoms with Crippen LogP contribution in [0.25, 0.3) is 0 Å². The number of rotatable bonds is 6. The van der Waals surface area contributed by atoms with E-state index in [-0.39, 0.29) is 0 Å². The summed E-state index contributed by atoms with van der Waals surface area (Å²) < 4.78 is 5.15. The highest BCUT2D eigenvalue weighted by molar-refractivity contribution is 6.36. The number of nitrogens with zero attached hydrogens (tertiary/aromatic N) is 2. The molecule has 0 saturated heterocycles. The normalized spacial score (nSPS) is 10.4. The van der Waals surface area contributed by atoms with Gasteiger partial charge in [-0.05, 0) is 42.0 Å². The molecule has 3 rings (SSSR count). The predicted molar refractivity (Wildman–Crippen MR) is 102 cm³/mol. The third-order valence-electron chi connectivity index (χ3n) is 3.47. The van der Waals surface area contributed by atoms with Crippen LogP contribution < -0.4 is 15.4 Å². The highest BCUT2D eigenvalue weighted by Crippen LogP contribution is 2.27. The van der Waals surface area contributed by atoms with Gasteiger partial charge >= 0.3 is 0 Å². The summed E-state index contributed by atoms with van der Waals surface area (Å²) in [4.78, 5) is 8.64. The van der Waals surface area contributed by atoms with Crippen LogP contribution in [0.5, 0.6) is 5.75 Å². The molecular formula is C18H16Cl2N4O. The van der Waals surface area contributed by atoms with Crippen molar-refractivity contribution >= 4 is 40.7 Å². The molecule has 0 spiro atoms. The fraction of sp³-hybridized carbons (Fsp3) is 0.111. The molecule has 2 N–H and O–H groups in total. The first-order valence-corrected chi connectivity index (χ1v) is 8.31. The van der Waals surface area contributed by atoms with Crippen molar-refractivity contribution in [2.45, 2.75) is 6.54 Å². The lowest BCUT2D eigenvalue weighted by atomic mass is 10.2. The number of halogens is 2. The monoisotopic (exact) mass is 374 g/mol. The molecule has 7 heteroatoms. The maximum Gasteiger partial charge on any atom is 0.229 e. The van der Waals surface area contributed by atoms with Gasteiger partial charge in [0, 0.05) is 17.8 Å². The van der Waals surface area contributed by atoms with Crippen LogP contribution in [-0.2, 0) is 6.54 Å². The van der Waals surface area contributed by atoms with Gasteiger partial charge in [0.1, 0.15) is 11.6 Å². The molecule has 0 aliphatic rings. The Balaban J connectivity index is 1.66. The van der Waals surface area contributed by atoms with Crippen LogP contribution in [0.1, 0.15) is 5.56 Å². The summed E-state index contributed by atoms with van der Waals surface area (Å²) >= 11 is 12.1. The van der Waals surface area contributed by atoms with Gasteiger partial charge in [-0.25, -0.2) is 4.98 Å². The van der Waals surface area contributed by atoms with Crippen molar-refractivity contribution in [3.63, 3.8) is 0 Å². The van der Waals surface area contributed by atoms with E-state index in [0.29, 0.717) is 34.0 Å². The van der Waals surface area contributed by atoms with Gasteiger partial charge in [0.2, 0.25) is 5.95 Å². The highest BCUT2D eigenvalue weighted by Gasteiger charge is 2.05. The Labute approximate surface area is 156 Å². The van der Waals surface area contributed by atoms with Gasteiger partial charge in [-0.3, -0.25) is 0 Å². The number of anilines is 3. The standard InChI is InChI=1S/C18H16Cl2N4O/c1-25-14-5-2-12(3-6-14)11-22-17-8-9-21-18(24-17)23-16-7-4-13(19)10-15(16)20/h2-10H,11H2,1H3,(H2,21,22,23,24). The van der Waals surface area contributed by atoms with Crippen molar-refractivity contribution in [3.8, 4) is 5.75 Å². The van der Waals surface area contributed by atoms with E-state index in [1.54, 1.807) is 37.6 Å². The summed E-state index contributed by atoms with van der Waals surface area (Å²) in [6, 6.07) is 14.8. The zero-order chi connectivity index (χ0) is 17.6. The van der Waals surface area contributed by atoms with E-state index in [1.807, 2.05) is 24.3 Å². The number of methoxy groups -OCH3 is 1. The topological polar surface area (TPSA) is 59.1 Å². The quantitative estimate of drug-likeness (QED) is 0.624. The van der Waals surface area contributed by atoms with Crippen molar-refractivity contribution in [3.05, 3.63) is 70.3 Å². The molecule has 0 aliphatic heterocycles. The lowest BCUT2D eigenvalue weighted by Gasteiger charge is -2.10. The predicted octanol–water partition coefficient (Wildman–Crippen LogP) is 5.15. The molecule has 1 aromatic heterocycles. The van der Waals surface area contributed by atoms with E-state index in [4.69, 9.17) is 27.9 Å². The maximum absolute atomic E-state index is 6.16. The van der Waals surface area contributed by atoms with Crippen LogP contribution in [0.3, 0.4) is 0 Å². The average molecular weight is 375 g/mol. The van der Waals surface area contributed by atoms with Crippen LogP contribution in [0.2, 0.25) is 10.0 Å². The largest absolute Gasteiger partial charge is 0.497 e. The fourth-order valence-corrected chi connectivity index (χ4v) is 2.62. The van der Waals surface area contributed by atoms with Crippen LogP contribution in [0.15, 0.2) is 54.7 Å². The second-order valence-electron chi connectivity index (χ2n) is 5.22. The Kier molecular flexibility index (Phi) is 5.58. The van der Waals surface area contributed by atoms with E-state index < -0.39 is 0 Å². The molecule has 5 nitrogen and oxygen atoms in total. The third-order valence-corrected chi connectivity index (χ3v) is 4.01. The Bertz CT molecular complexity index is 856. The Morgan fingerprint density at radius 2 is 1.84 bits per heavy atom. The van der Waals surface area contributed by atoms with Crippen molar-refractivity contribution in [2.24, 2.45) is 0 Å². The van der Waals surface area contributed by atoms with E-state index in [1.165, 1.54) is 0 Å². The van der Waals surface area contributed by atoms with Gasteiger partial charge in [0.15, 0.2) is 0 Å². The average Bonchev–Trinajstić information content (AvgIpc) is 2.63. The van der Waals surface area contributed by atoms with Crippen LogP contribution in [0, 0.1) is 0 Å². The molecule has 3 aromatic rings. The van der Waals surface area contributed by atoms with Crippen molar-refractivity contribution in [1.29, 1.82) is 0 Å². The number of hydrogen-bond acceptors (Lipinski definition) is 5. The number of aromatic nitrogens is 2. The molecule has 0 bridgehead atoms. The minimum Gasteiger partial charge on any atom is -0.497 e. The molecule has 0 saturated carbocycles. The van der Waals surface area contributed by atoms with E-state index in [9.17, 15) is 0 Å². The van der Waals surface area contributed by atoms with Crippen molar-refractivity contribution < 1.29 is 4.74 Å². The smallest absolute Gasteiger partial charge is 0.229 e. The van der Waals surface area contributed by atoms with Gasteiger partial charge in [0.05, 0.1) is 17.8 Å². The molecule has 1 heterocycles. The molecule has 0 radical (unpaired) electrons. The molecule has 128 valence electrons. The number of nitrogens with one attached hydrogen (secondary N) is 2. The molecule has 0 amide bonds. The lowest BCUT2D eigenvalue weighted by Crippen LogP contribution is -2.04. The molecule has 2 aromatic carbocycles. The molecule has 0 unspecified atom stereocenters. The summed E-state index contributed by atoms with van der Waals surface area (Å²) in [5.41, 5.74) is 1.81. The van der Waals surface area contributed by atoms with Crippen LogP contribution in [0.4, 0.5) is 17.5 Å². The van der Waals surface area contributed by atoms with E-state index in [0.717, 1.165) is 11.3 Å². The first-order valence-electron chi connectivity index (χ1n) is 7.56. The summed E-state index contributed by atoms with van der Waals surface area (Å²) in [5, 5.41) is 7.43. The summed E-state index contributed by atoms with van der Waals surface area (Å²) in [5.74, 6) is 1.99. The Hall–Kier alpha value is -2.50. The lowest BCUT2D eigenvalue weighted by molar-refractivity contribution is 0.414. The molecule has 25 heavy (non-hydrogen) atoms. The summed E-state index contributed by atoms with van der Waals surface area (Å²) in [7, 11) is 1.65. The van der Waals surface area contributed by atoms with Gasteiger partial charge in [-0.2, -0.15) is 4.98 Å². The number of benzene rings is 2. The first kappa shape index (κ1) is 17.3. The van der Waals surface area contributed by atoms with Crippen molar-refractivity contribution in [2.75, 3.05) is 17.7 Å². The SMILES string of the molecule is COc1ccc(CNc2ccnc(Nc3ccc(Cl)cc3Cl)n2)cc1. The number of ether oxygens (including phenoxy) is 1.